The Morgan fingerprint density at radius 2 is 2.44 bits per heavy atom. The van der Waals surface area contributed by atoms with Crippen LogP contribution in [-0.4, -0.2) is 37.1 Å². The first kappa shape index (κ1) is 11.6. The van der Waals surface area contributed by atoms with Gasteiger partial charge in [-0.2, -0.15) is 0 Å². The van der Waals surface area contributed by atoms with Crippen molar-refractivity contribution in [1.29, 1.82) is 0 Å². The fourth-order valence-corrected chi connectivity index (χ4v) is 2.97. The van der Waals surface area contributed by atoms with E-state index in [1.807, 2.05) is 6.92 Å². The summed E-state index contributed by atoms with van der Waals surface area (Å²) in [6.07, 6.45) is 4.15. The van der Waals surface area contributed by atoms with Crippen LogP contribution in [0.3, 0.4) is 0 Å². The van der Waals surface area contributed by atoms with Gasteiger partial charge in [0.05, 0.1) is 18.6 Å². The molecule has 1 fully saturated rings. The number of imidazole rings is 1. The van der Waals surface area contributed by atoms with Gasteiger partial charge in [-0.1, -0.05) is 0 Å². The molecule has 2 heterocycles. The van der Waals surface area contributed by atoms with E-state index in [-0.39, 0.29) is 17.2 Å². The minimum Gasteiger partial charge on any atom is -0.378 e. The van der Waals surface area contributed by atoms with E-state index in [9.17, 15) is 8.42 Å². The summed E-state index contributed by atoms with van der Waals surface area (Å²) in [5, 5.41) is 0.103. The van der Waals surface area contributed by atoms with Gasteiger partial charge < -0.3 is 9.72 Å². The molecule has 90 valence electrons. The number of hydrogen-bond acceptors (Lipinski definition) is 4. The molecule has 0 radical (unpaired) electrons. The molecule has 1 aliphatic rings. The molecule has 2 N–H and O–H groups in total. The van der Waals surface area contributed by atoms with E-state index in [2.05, 4.69) is 14.7 Å². The minimum absolute atomic E-state index is 0.0583. The highest BCUT2D eigenvalue weighted by Gasteiger charge is 2.25. The van der Waals surface area contributed by atoms with E-state index in [0.717, 1.165) is 0 Å². The van der Waals surface area contributed by atoms with Crippen LogP contribution in [0.1, 0.15) is 19.8 Å². The fourth-order valence-electron chi connectivity index (χ4n) is 1.78. The molecule has 2 unspecified atom stereocenters. The fraction of sp³-hybridized carbons (Fsp3) is 0.667. The second-order valence-electron chi connectivity index (χ2n) is 3.94. The van der Waals surface area contributed by atoms with Crippen LogP contribution in [0.2, 0.25) is 0 Å². The van der Waals surface area contributed by atoms with Crippen LogP contribution in [0.25, 0.3) is 0 Å². The Morgan fingerprint density at radius 3 is 3.06 bits per heavy atom. The van der Waals surface area contributed by atoms with Crippen LogP contribution >= 0.6 is 0 Å². The standard InChI is InChI=1S/C9H15N3O3S/c1-7-4-8(2-3-15-7)12-16(13,14)9-5-10-6-11-9/h5-8,12H,2-4H2,1H3,(H,10,11). The van der Waals surface area contributed by atoms with Gasteiger partial charge in [0.25, 0.3) is 10.0 Å². The smallest absolute Gasteiger partial charge is 0.257 e. The predicted molar refractivity (Wildman–Crippen MR) is 57.3 cm³/mol. The highest BCUT2D eigenvalue weighted by molar-refractivity contribution is 7.89. The number of hydrogen-bond donors (Lipinski definition) is 2. The average molecular weight is 245 g/mol. The molecule has 0 amide bonds. The second-order valence-corrected chi connectivity index (χ2v) is 5.62. The van der Waals surface area contributed by atoms with Crippen LogP contribution in [0.4, 0.5) is 0 Å². The number of nitrogens with zero attached hydrogens (tertiary/aromatic N) is 1. The number of sulfonamides is 1. The topological polar surface area (TPSA) is 84.1 Å². The number of nitrogens with one attached hydrogen (secondary N) is 2. The number of ether oxygens (including phenoxy) is 1. The second kappa shape index (κ2) is 4.52. The monoisotopic (exact) mass is 245 g/mol. The number of aromatic nitrogens is 2. The molecule has 6 nitrogen and oxygen atoms in total. The van der Waals surface area contributed by atoms with Gasteiger partial charge in [-0.25, -0.2) is 18.1 Å². The van der Waals surface area contributed by atoms with Crippen molar-refractivity contribution in [1.82, 2.24) is 14.7 Å². The lowest BCUT2D eigenvalue weighted by molar-refractivity contribution is 0.0173. The van der Waals surface area contributed by atoms with Crippen molar-refractivity contribution in [3.05, 3.63) is 12.5 Å². The number of aromatic amines is 1. The highest BCUT2D eigenvalue weighted by Crippen LogP contribution is 2.15. The Labute approximate surface area is 94.5 Å². The molecule has 0 bridgehead atoms. The Kier molecular flexibility index (Phi) is 3.27. The lowest BCUT2D eigenvalue weighted by Gasteiger charge is -2.27. The van der Waals surface area contributed by atoms with Crippen LogP contribution < -0.4 is 4.72 Å². The van der Waals surface area contributed by atoms with E-state index >= 15 is 0 Å². The summed E-state index contributed by atoms with van der Waals surface area (Å²) in [4.78, 5) is 6.28. The van der Waals surface area contributed by atoms with E-state index in [1.54, 1.807) is 0 Å². The maximum atomic E-state index is 11.8. The van der Waals surface area contributed by atoms with Gasteiger partial charge in [0.15, 0.2) is 5.03 Å². The quantitative estimate of drug-likeness (QED) is 0.799. The third-order valence-electron chi connectivity index (χ3n) is 2.57. The molecular weight excluding hydrogens is 230 g/mol. The third kappa shape index (κ3) is 2.60. The van der Waals surface area contributed by atoms with Gasteiger partial charge >= 0.3 is 0 Å². The minimum atomic E-state index is -3.46. The molecule has 1 aromatic heterocycles. The predicted octanol–water partition coefficient (Wildman–Crippen LogP) is 0.255. The third-order valence-corrected chi connectivity index (χ3v) is 4.02. The number of H-pyrrole nitrogens is 1. The van der Waals surface area contributed by atoms with Crippen LogP contribution in [0, 0.1) is 0 Å². The normalized spacial score (nSPS) is 26.8. The van der Waals surface area contributed by atoms with Gasteiger partial charge in [-0.15, -0.1) is 0 Å². The van der Waals surface area contributed by atoms with Crippen LogP contribution in [-0.2, 0) is 14.8 Å². The molecule has 0 spiro atoms. The van der Waals surface area contributed by atoms with E-state index in [1.165, 1.54) is 12.5 Å². The average Bonchev–Trinajstić information content (AvgIpc) is 2.69. The molecule has 2 atom stereocenters. The molecule has 1 aromatic rings. The molecule has 16 heavy (non-hydrogen) atoms. The molecule has 0 aromatic carbocycles. The molecule has 1 saturated heterocycles. The first-order chi connectivity index (χ1) is 7.58. The van der Waals surface area contributed by atoms with Gasteiger partial charge in [-0.3, -0.25) is 0 Å². The lowest BCUT2D eigenvalue weighted by Crippen LogP contribution is -2.41. The summed E-state index contributed by atoms with van der Waals surface area (Å²) in [7, 11) is -3.46. The van der Waals surface area contributed by atoms with Gasteiger partial charge in [-0.05, 0) is 19.8 Å². The maximum absolute atomic E-state index is 11.8. The Hall–Kier alpha value is -0.920. The Morgan fingerprint density at radius 1 is 1.62 bits per heavy atom. The van der Waals surface area contributed by atoms with Crippen molar-refractivity contribution in [2.45, 2.75) is 36.9 Å². The Balaban J connectivity index is 2.04. The van der Waals surface area contributed by atoms with Crippen LogP contribution in [0.5, 0.6) is 0 Å². The molecular formula is C9H15N3O3S. The van der Waals surface area contributed by atoms with Crippen molar-refractivity contribution in [2.75, 3.05) is 6.61 Å². The molecule has 0 aliphatic carbocycles. The van der Waals surface area contributed by atoms with Gasteiger partial charge in [0.2, 0.25) is 0 Å². The summed E-state index contributed by atoms with van der Waals surface area (Å²) >= 11 is 0. The largest absolute Gasteiger partial charge is 0.378 e. The van der Waals surface area contributed by atoms with Gasteiger partial charge in [0, 0.05) is 12.6 Å². The van der Waals surface area contributed by atoms with E-state index in [0.29, 0.717) is 19.4 Å². The Bertz CT molecular complexity index is 429. The summed E-state index contributed by atoms with van der Waals surface area (Å²) in [6.45, 7) is 2.54. The summed E-state index contributed by atoms with van der Waals surface area (Å²) in [5.74, 6) is 0. The van der Waals surface area contributed by atoms with Crippen molar-refractivity contribution in [3.63, 3.8) is 0 Å². The summed E-state index contributed by atoms with van der Waals surface area (Å²) in [5.41, 5.74) is 0. The summed E-state index contributed by atoms with van der Waals surface area (Å²) in [6, 6.07) is -0.0583. The number of rotatable bonds is 3. The zero-order valence-electron chi connectivity index (χ0n) is 9.01. The van der Waals surface area contributed by atoms with Crippen molar-refractivity contribution in [3.8, 4) is 0 Å². The SMILES string of the molecule is CC1CC(NS(=O)(=O)c2cnc[nH]2)CCO1. The molecule has 0 saturated carbocycles. The van der Waals surface area contributed by atoms with E-state index in [4.69, 9.17) is 4.74 Å². The summed E-state index contributed by atoms with van der Waals surface area (Å²) < 4.78 is 31.7. The molecule has 1 aliphatic heterocycles. The highest BCUT2D eigenvalue weighted by atomic mass is 32.2. The molecule has 2 rings (SSSR count). The first-order valence-electron chi connectivity index (χ1n) is 5.20. The maximum Gasteiger partial charge on any atom is 0.257 e. The van der Waals surface area contributed by atoms with Crippen molar-refractivity contribution < 1.29 is 13.2 Å². The van der Waals surface area contributed by atoms with Crippen molar-refractivity contribution >= 4 is 10.0 Å². The zero-order valence-corrected chi connectivity index (χ0v) is 9.83. The van der Waals surface area contributed by atoms with Crippen molar-refractivity contribution in [2.24, 2.45) is 0 Å². The first-order valence-corrected chi connectivity index (χ1v) is 6.68. The van der Waals surface area contributed by atoms with Gasteiger partial charge in [0.1, 0.15) is 0 Å². The zero-order chi connectivity index (χ0) is 11.6. The van der Waals surface area contributed by atoms with Crippen LogP contribution in [0.15, 0.2) is 17.6 Å². The van der Waals surface area contributed by atoms with E-state index < -0.39 is 10.0 Å². The lowest BCUT2D eigenvalue weighted by atomic mass is 10.1. The molecule has 7 heteroatoms.